The summed E-state index contributed by atoms with van der Waals surface area (Å²) in [6.45, 7) is 0.619. The van der Waals surface area contributed by atoms with E-state index < -0.39 is 6.04 Å². The molecule has 0 spiro atoms. The molecule has 0 radical (unpaired) electrons. The topological polar surface area (TPSA) is 73.6 Å². The number of hydrogen-bond donors (Lipinski definition) is 2. The van der Waals surface area contributed by atoms with Crippen LogP contribution in [0.2, 0.25) is 0 Å². The molecule has 146 valence electrons. The highest BCUT2D eigenvalue weighted by atomic mass is 32.2. The number of carbonyl (C=O) groups is 1. The summed E-state index contributed by atoms with van der Waals surface area (Å²) in [5, 5.41) is 3.12. The van der Waals surface area contributed by atoms with Crippen LogP contribution in [0.25, 0.3) is 0 Å². The Labute approximate surface area is 161 Å². The van der Waals surface area contributed by atoms with Crippen LogP contribution in [-0.4, -0.2) is 44.7 Å². The smallest absolute Gasteiger partial charge is 0.236 e. The Morgan fingerprint density at radius 2 is 1.92 bits per heavy atom. The number of thioether (sulfide) groups is 1. The zero-order valence-electron chi connectivity index (χ0n) is 16.2. The van der Waals surface area contributed by atoms with E-state index in [0.717, 1.165) is 30.1 Å². The van der Waals surface area contributed by atoms with E-state index in [4.69, 9.17) is 15.2 Å². The minimum atomic E-state index is -0.437. The van der Waals surface area contributed by atoms with Crippen molar-refractivity contribution in [3.63, 3.8) is 0 Å². The Hall–Kier alpha value is -1.40. The lowest BCUT2D eigenvalue weighted by molar-refractivity contribution is -0.122. The maximum atomic E-state index is 12.4. The molecule has 1 saturated carbocycles. The van der Waals surface area contributed by atoms with E-state index in [1.165, 1.54) is 24.8 Å². The Morgan fingerprint density at radius 3 is 2.54 bits per heavy atom. The molecule has 0 bridgehead atoms. The van der Waals surface area contributed by atoms with Gasteiger partial charge in [0.25, 0.3) is 0 Å². The third-order valence-electron chi connectivity index (χ3n) is 5.38. The third-order valence-corrected chi connectivity index (χ3v) is 6.02. The maximum Gasteiger partial charge on any atom is 0.236 e. The normalized spacial score (nSPS) is 17.4. The average Bonchev–Trinajstić information content (AvgIpc) is 2.70. The molecule has 6 heteroatoms. The molecule has 1 amide bonds. The highest BCUT2D eigenvalue weighted by Gasteiger charge is 2.35. The highest BCUT2D eigenvalue weighted by Crippen LogP contribution is 2.42. The fraction of sp³-hybridized carbons (Fsp3) is 0.650. The number of rotatable bonds is 9. The summed E-state index contributed by atoms with van der Waals surface area (Å²) in [5.41, 5.74) is 7.16. The molecule has 0 saturated heterocycles. The zero-order valence-corrected chi connectivity index (χ0v) is 17.0. The second kappa shape index (κ2) is 10.1. The van der Waals surface area contributed by atoms with Crippen molar-refractivity contribution >= 4 is 17.7 Å². The van der Waals surface area contributed by atoms with Crippen LogP contribution < -0.4 is 20.5 Å². The first-order valence-electron chi connectivity index (χ1n) is 9.31. The second-order valence-electron chi connectivity index (χ2n) is 7.02. The van der Waals surface area contributed by atoms with Crippen molar-refractivity contribution < 1.29 is 14.3 Å². The van der Waals surface area contributed by atoms with Crippen LogP contribution >= 0.6 is 11.8 Å². The minimum absolute atomic E-state index is 0.0514. The molecule has 1 aromatic carbocycles. The quantitative estimate of drug-likeness (QED) is 0.689. The lowest BCUT2D eigenvalue weighted by Crippen LogP contribution is -2.47. The summed E-state index contributed by atoms with van der Waals surface area (Å²) in [6, 6.07) is 5.68. The van der Waals surface area contributed by atoms with Gasteiger partial charge in [0.2, 0.25) is 5.91 Å². The summed E-state index contributed by atoms with van der Waals surface area (Å²) < 4.78 is 10.9. The van der Waals surface area contributed by atoms with Crippen molar-refractivity contribution in [3.05, 3.63) is 23.8 Å². The molecular weight excluding hydrogens is 348 g/mol. The predicted molar refractivity (Wildman–Crippen MR) is 108 cm³/mol. The molecular formula is C20H32N2O3S. The van der Waals surface area contributed by atoms with Gasteiger partial charge in [0.15, 0.2) is 11.5 Å². The van der Waals surface area contributed by atoms with Crippen LogP contribution in [0.3, 0.4) is 0 Å². The molecule has 1 atom stereocenters. The van der Waals surface area contributed by atoms with Crippen molar-refractivity contribution in [2.24, 2.45) is 5.73 Å². The monoisotopic (exact) mass is 380 g/mol. The van der Waals surface area contributed by atoms with Gasteiger partial charge in [-0.2, -0.15) is 11.8 Å². The van der Waals surface area contributed by atoms with Gasteiger partial charge in [0.05, 0.1) is 20.3 Å². The lowest BCUT2D eigenvalue weighted by Gasteiger charge is -2.38. The van der Waals surface area contributed by atoms with E-state index >= 15 is 0 Å². The lowest BCUT2D eigenvalue weighted by atomic mass is 9.69. The van der Waals surface area contributed by atoms with E-state index in [0.29, 0.717) is 13.0 Å². The average molecular weight is 381 g/mol. The number of carbonyl (C=O) groups excluding carboxylic acids is 1. The predicted octanol–water partition coefficient (Wildman–Crippen LogP) is 3.10. The SMILES string of the molecule is COc1ccc(C2(CNC(=O)[C@@H](N)CCSC)CCCCC2)cc1OC. The molecule has 26 heavy (non-hydrogen) atoms. The van der Waals surface area contributed by atoms with E-state index in [1.807, 2.05) is 12.3 Å². The van der Waals surface area contributed by atoms with Gasteiger partial charge in [-0.05, 0) is 49.0 Å². The first kappa shape index (κ1) is 20.9. The molecule has 5 nitrogen and oxygen atoms in total. The van der Waals surface area contributed by atoms with E-state index in [2.05, 4.69) is 17.4 Å². The van der Waals surface area contributed by atoms with Crippen LogP contribution in [-0.2, 0) is 10.2 Å². The van der Waals surface area contributed by atoms with Crippen molar-refractivity contribution in [2.45, 2.75) is 50.0 Å². The number of nitrogens with two attached hydrogens (primary N) is 1. The van der Waals surface area contributed by atoms with Gasteiger partial charge in [-0.1, -0.05) is 25.3 Å². The van der Waals surface area contributed by atoms with Gasteiger partial charge in [-0.3, -0.25) is 4.79 Å². The molecule has 0 aliphatic heterocycles. The summed E-state index contributed by atoms with van der Waals surface area (Å²) in [5.74, 6) is 2.31. The Kier molecular flexibility index (Phi) is 8.10. The van der Waals surface area contributed by atoms with Crippen molar-refractivity contribution in [1.82, 2.24) is 5.32 Å². The van der Waals surface area contributed by atoms with Crippen LogP contribution in [0.5, 0.6) is 11.5 Å². The summed E-state index contributed by atoms with van der Waals surface area (Å²) in [7, 11) is 3.30. The summed E-state index contributed by atoms with van der Waals surface area (Å²) in [4.78, 5) is 12.4. The third kappa shape index (κ3) is 5.07. The summed E-state index contributed by atoms with van der Waals surface area (Å²) >= 11 is 1.71. The number of amides is 1. The molecule has 0 aromatic heterocycles. The number of ether oxygens (including phenoxy) is 2. The number of hydrogen-bond acceptors (Lipinski definition) is 5. The van der Waals surface area contributed by atoms with Gasteiger partial charge in [0, 0.05) is 12.0 Å². The van der Waals surface area contributed by atoms with Gasteiger partial charge in [-0.15, -0.1) is 0 Å². The van der Waals surface area contributed by atoms with E-state index in [-0.39, 0.29) is 11.3 Å². The molecule has 3 N–H and O–H groups in total. The second-order valence-corrected chi connectivity index (χ2v) is 8.00. The zero-order chi connectivity index (χ0) is 19.0. The van der Waals surface area contributed by atoms with Crippen LogP contribution in [0.15, 0.2) is 18.2 Å². The first-order chi connectivity index (χ1) is 12.6. The molecule has 1 aromatic rings. The van der Waals surface area contributed by atoms with Crippen molar-refractivity contribution in [2.75, 3.05) is 32.8 Å². The first-order valence-corrected chi connectivity index (χ1v) is 10.7. The van der Waals surface area contributed by atoms with Crippen LogP contribution in [0.4, 0.5) is 0 Å². The van der Waals surface area contributed by atoms with Crippen LogP contribution in [0, 0.1) is 0 Å². The van der Waals surface area contributed by atoms with Crippen molar-refractivity contribution in [1.29, 1.82) is 0 Å². The highest BCUT2D eigenvalue weighted by molar-refractivity contribution is 7.98. The molecule has 2 rings (SSSR count). The molecule has 1 fully saturated rings. The maximum absolute atomic E-state index is 12.4. The molecule has 1 aliphatic rings. The molecule has 0 unspecified atom stereocenters. The number of methoxy groups -OCH3 is 2. The minimum Gasteiger partial charge on any atom is -0.493 e. The molecule has 0 heterocycles. The van der Waals surface area contributed by atoms with E-state index in [9.17, 15) is 4.79 Å². The van der Waals surface area contributed by atoms with Gasteiger partial charge in [-0.25, -0.2) is 0 Å². The van der Waals surface area contributed by atoms with Gasteiger partial charge in [0.1, 0.15) is 0 Å². The van der Waals surface area contributed by atoms with E-state index in [1.54, 1.807) is 26.0 Å². The van der Waals surface area contributed by atoms with Crippen LogP contribution in [0.1, 0.15) is 44.1 Å². The fourth-order valence-electron chi connectivity index (χ4n) is 3.73. The Morgan fingerprint density at radius 1 is 1.23 bits per heavy atom. The standard InChI is InChI=1S/C20H32N2O3S/c1-24-17-8-7-15(13-18(17)25-2)20(10-5-4-6-11-20)14-22-19(23)16(21)9-12-26-3/h7-8,13,16H,4-6,9-12,14,21H2,1-3H3,(H,22,23)/t16-/m0/s1. The molecule has 1 aliphatic carbocycles. The number of nitrogens with one attached hydrogen (secondary N) is 1. The Bertz CT molecular complexity index is 588. The Balaban J connectivity index is 2.16. The van der Waals surface area contributed by atoms with Crippen molar-refractivity contribution in [3.8, 4) is 11.5 Å². The summed E-state index contributed by atoms with van der Waals surface area (Å²) in [6.07, 6.45) is 8.43. The largest absolute Gasteiger partial charge is 0.493 e. The number of benzene rings is 1. The fourth-order valence-corrected chi connectivity index (χ4v) is 4.22. The van der Waals surface area contributed by atoms with Gasteiger partial charge >= 0.3 is 0 Å². The van der Waals surface area contributed by atoms with Gasteiger partial charge < -0.3 is 20.5 Å².